The molecule has 8 nitrogen and oxygen atoms in total. The van der Waals surface area contributed by atoms with E-state index in [-0.39, 0.29) is 24.5 Å². The summed E-state index contributed by atoms with van der Waals surface area (Å²) >= 11 is 0. The van der Waals surface area contributed by atoms with Gasteiger partial charge in [0.2, 0.25) is 12.2 Å². The number of furan rings is 1. The number of nitrogens with zero attached hydrogens (tertiary/aromatic N) is 1. The van der Waals surface area contributed by atoms with Gasteiger partial charge in [0.05, 0.1) is 6.42 Å². The molecule has 34 heavy (non-hydrogen) atoms. The van der Waals surface area contributed by atoms with Gasteiger partial charge in [0.1, 0.15) is 17.6 Å². The molecule has 1 saturated carbocycles. The second-order valence-corrected chi connectivity index (χ2v) is 8.79. The molecule has 182 valence electrons. The minimum absolute atomic E-state index is 0.0523. The van der Waals surface area contributed by atoms with Gasteiger partial charge in [-0.1, -0.05) is 44.2 Å². The number of carbonyl (C=O) groups is 3. The summed E-state index contributed by atoms with van der Waals surface area (Å²) in [6, 6.07) is 8.03. The number of rotatable bonds is 7. The van der Waals surface area contributed by atoms with Crippen molar-refractivity contribution in [3.05, 3.63) is 48.0 Å². The summed E-state index contributed by atoms with van der Waals surface area (Å²) in [7, 11) is 1.38. The number of hydrogen-bond acceptors (Lipinski definition) is 6. The van der Waals surface area contributed by atoms with Crippen molar-refractivity contribution in [1.29, 1.82) is 0 Å². The molecular weight excluding hydrogens is 443 g/mol. The van der Waals surface area contributed by atoms with Crippen LogP contribution >= 0.6 is 0 Å². The Bertz CT molecular complexity index is 1030. The van der Waals surface area contributed by atoms with E-state index in [1.54, 1.807) is 18.2 Å². The molecule has 2 amide bonds. The number of halogens is 1. The lowest BCUT2D eigenvalue weighted by atomic mass is 9.86. The number of nitrogens with one attached hydrogen (secondary N) is 1. The minimum Gasteiger partial charge on any atom is -0.451 e. The van der Waals surface area contributed by atoms with Crippen LogP contribution in [0.5, 0.6) is 0 Å². The first-order valence-electron chi connectivity index (χ1n) is 11.7. The van der Waals surface area contributed by atoms with Gasteiger partial charge >= 0.3 is 11.9 Å². The summed E-state index contributed by atoms with van der Waals surface area (Å²) in [6.45, 7) is 0. The maximum atomic E-state index is 13.5. The lowest BCUT2D eigenvalue weighted by molar-refractivity contribution is -0.167. The molecule has 2 heterocycles. The Labute approximate surface area is 197 Å². The molecular formula is C25H29FN2O6. The van der Waals surface area contributed by atoms with E-state index in [0.717, 1.165) is 24.3 Å². The first-order valence-corrected chi connectivity index (χ1v) is 11.7. The maximum Gasteiger partial charge on any atom is 0.310 e. The van der Waals surface area contributed by atoms with Crippen molar-refractivity contribution in [1.82, 2.24) is 10.4 Å². The van der Waals surface area contributed by atoms with Crippen molar-refractivity contribution in [3.8, 4) is 11.3 Å². The molecule has 2 aliphatic rings. The molecule has 0 spiro atoms. The average molecular weight is 473 g/mol. The minimum atomic E-state index is -0.981. The van der Waals surface area contributed by atoms with Crippen LogP contribution < -0.4 is 5.43 Å². The first-order chi connectivity index (χ1) is 16.4. The lowest BCUT2D eigenvalue weighted by Gasteiger charge is -2.31. The summed E-state index contributed by atoms with van der Waals surface area (Å²) in [5.74, 6) is -1.18. The molecule has 0 bridgehead atoms. The van der Waals surface area contributed by atoms with Gasteiger partial charge in [-0.3, -0.25) is 19.8 Å². The third kappa shape index (κ3) is 5.64. The van der Waals surface area contributed by atoms with Crippen molar-refractivity contribution in [2.45, 2.75) is 63.7 Å². The second kappa shape index (κ2) is 10.8. The number of amides is 2. The fourth-order valence-corrected chi connectivity index (χ4v) is 4.62. The number of hydrazine groups is 1. The van der Waals surface area contributed by atoms with Crippen LogP contribution in [0.3, 0.4) is 0 Å². The van der Waals surface area contributed by atoms with Crippen LogP contribution in [0.25, 0.3) is 11.3 Å². The lowest BCUT2D eigenvalue weighted by Crippen LogP contribution is -2.55. The van der Waals surface area contributed by atoms with Crippen LogP contribution in [0.4, 0.5) is 4.39 Å². The molecule has 0 unspecified atom stereocenters. The van der Waals surface area contributed by atoms with E-state index in [9.17, 15) is 18.8 Å². The Hall–Kier alpha value is -3.20. The van der Waals surface area contributed by atoms with Crippen LogP contribution in [0.15, 0.2) is 40.8 Å². The maximum absolute atomic E-state index is 13.5. The third-order valence-corrected chi connectivity index (χ3v) is 6.42. The van der Waals surface area contributed by atoms with Crippen molar-refractivity contribution in [2.24, 2.45) is 5.92 Å². The Balaban J connectivity index is 1.48. The van der Waals surface area contributed by atoms with Gasteiger partial charge in [-0.05, 0) is 36.6 Å². The zero-order valence-electron chi connectivity index (χ0n) is 19.1. The SMILES string of the molecule is CO[C@H]1OC(=O)C[C@@H]1N(NC(=O)c1ccc(-c2cccc(F)c2)o1)C(=O)CCC1CCCCC1. The fraction of sp³-hybridized carbons (Fsp3) is 0.480. The van der Waals surface area contributed by atoms with E-state index in [2.05, 4.69) is 5.43 Å². The molecule has 0 radical (unpaired) electrons. The molecule has 1 saturated heterocycles. The number of carbonyl (C=O) groups excluding carboxylic acids is 3. The van der Waals surface area contributed by atoms with Crippen molar-refractivity contribution < 1.29 is 32.7 Å². The van der Waals surface area contributed by atoms with Gasteiger partial charge in [-0.2, -0.15) is 0 Å². The summed E-state index contributed by atoms with van der Waals surface area (Å²) in [6.07, 6.45) is 5.63. The van der Waals surface area contributed by atoms with E-state index >= 15 is 0 Å². The van der Waals surface area contributed by atoms with Gasteiger partial charge < -0.3 is 13.9 Å². The largest absolute Gasteiger partial charge is 0.451 e. The van der Waals surface area contributed by atoms with Crippen LogP contribution in [-0.2, 0) is 19.1 Å². The molecule has 4 rings (SSSR count). The monoisotopic (exact) mass is 472 g/mol. The average Bonchev–Trinajstić information content (AvgIpc) is 3.48. The number of ether oxygens (including phenoxy) is 2. The van der Waals surface area contributed by atoms with E-state index in [1.165, 1.54) is 44.6 Å². The van der Waals surface area contributed by atoms with Crippen molar-refractivity contribution in [2.75, 3.05) is 7.11 Å². The highest BCUT2D eigenvalue weighted by Gasteiger charge is 2.42. The van der Waals surface area contributed by atoms with Gasteiger partial charge in [0, 0.05) is 19.1 Å². The molecule has 1 aromatic carbocycles. The molecule has 1 aromatic heterocycles. The zero-order chi connectivity index (χ0) is 24.1. The highest BCUT2D eigenvalue weighted by Crippen LogP contribution is 2.29. The molecule has 1 aliphatic heterocycles. The van der Waals surface area contributed by atoms with Crippen LogP contribution in [-0.4, -0.2) is 42.2 Å². The summed E-state index contributed by atoms with van der Waals surface area (Å²) in [5, 5.41) is 1.15. The molecule has 2 atom stereocenters. The Morgan fingerprint density at radius 1 is 1.18 bits per heavy atom. The Kier molecular flexibility index (Phi) is 7.62. The Morgan fingerprint density at radius 3 is 2.71 bits per heavy atom. The van der Waals surface area contributed by atoms with E-state index < -0.39 is 30.0 Å². The number of esters is 1. The van der Waals surface area contributed by atoms with E-state index in [4.69, 9.17) is 13.9 Å². The number of methoxy groups -OCH3 is 1. The molecule has 2 fully saturated rings. The Morgan fingerprint density at radius 2 is 1.97 bits per heavy atom. The van der Waals surface area contributed by atoms with Gasteiger partial charge in [0.15, 0.2) is 5.76 Å². The third-order valence-electron chi connectivity index (χ3n) is 6.42. The van der Waals surface area contributed by atoms with Gasteiger partial charge in [-0.25, -0.2) is 9.40 Å². The van der Waals surface area contributed by atoms with Gasteiger partial charge in [-0.15, -0.1) is 0 Å². The molecule has 1 N–H and O–H groups in total. The van der Waals surface area contributed by atoms with Gasteiger partial charge in [0.25, 0.3) is 0 Å². The van der Waals surface area contributed by atoms with E-state index in [0.29, 0.717) is 17.2 Å². The molecule has 1 aliphatic carbocycles. The second-order valence-electron chi connectivity index (χ2n) is 8.79. The number of cyclic esters (lactones) is 1. The van der Waals surface area contributed by atoms with Crippen LogP contribution in [0, 0.1) is 11.7 Å². The number of hydrogen-bond donors (Lipinski definition) is 1. The smallest absolute Gasteiger partial charge is 0.310 e. The fourth-order valence-electron chi connectivity index (χ4n) is 4.62. The van der Waals surface area contributed by atoms with Crippen LogP contribution in [0.2, 0.25) is 0 Å². The standard InChI is InChI=1S/C25H29FN2O6/c1-32-25-19(15-23(30)34-25)28(22(29)13-10-16-6-3-2-4-7-16)27-24(31)21-12-11-20(33-21)17-8-5-9-18(26)14-17/h5,8-9,11-12,14,16,19,25H,2-4,6-7,10,13,15H2,1H3,(H,27,31)/t19-,25-/m0/s1. The predicted molar refractivity (Wildman–Crippen MR) is 120 cm³/mol. The topological polar surface area (TPSA) is 98.1 Å². The van der Waals surface area contributed by atoms with Crippen LogP contribution in [0.1, 0.15) is 61.9 Å². The van der Waals surface area contributed by atoms with Crippen molar-refractivity contribution >= 4 is 17.8 Å². The van der Waals surface area contributed by atoms with E-state index in [1.807, 2.05) is 0 Å². The highest BCUT2D eigenvalue weighted by molar-refractivity contribution is 5.93. The first kappa shape index (κ1) is 23.9. The summed E-state index contributed by atoms with van der Waals surface area (Å²) < 4.78 is 29.5. The molecule has 9 heteroatoms. The summed E-state index contributed by atoms with van der Waals surface area (Å²) in [4.78, 5) is 38.1. The highest BCUT2D eigenvalue weighted by atomic mass is 19.1. The number of benzene rings is 1. The zero-order valence-corrected chi connectivity index (χ0v) is 19.1. The van der Waals surface area contributed by atoms with Crippen molar-refractivity contribution in [3.63, 3.8) is 0 Å². The quantitative estimate of drug-likeness (QED) is 0.479. The molecule has 2 aromatic rings. The summed E-state index contributed by atoms with van der Waals surface area (Å²) in [5.41, 5.74) is 3.07. The normalized spacial score (nSPS) is 20.7. The predicted octanol–water partition coefficient (Wildman–Crippen LogP) is 4.21.